The molecule has 1 heterocycles. The summed E-state index contributed by atoms with van der Waals surface area (Å²) < 4.78 is 48.7. The van der Waals surface area contributed by atoms with E-state index in [1.807, 2.05) is 12.1 Å². The van der Waals surface area contributed by atoms with Gasteiger partial charge in [-0.15, -0.1) is 0 Å². The first-order valence-corrected chi connectivity index (χ1v) is 9.86. The van der Waals surface area contributed by atoms with Gasteiger partial charge in [0.2, 0.25) is 0 Å². The third-order valence-electron chi connectivity index (χ3n) is 4.40. The Morgan fingerprint density at radius 3 is 2.44 bits per heavy atom. The Bertz CT molecular complexity index is 1100. The summed E-state index contributed by atoms with van der Waals surface area (Å²) in [5, 5.41) is 12.7. The molecule has 1 saturated heterocycles. The summed E-state index contributed by atoms with van der Waals surface area (Å²) in [7, 11) is -4.39. The molecule has 0 saturated carbocycles. The van der Waals surface area contributed by atoms with Gasteiger partial charge in [-0.2, -0.15) is 8.42 Å². The van der Waals surface area contributed by atoms with Gasteiger partial charge in [-0.3, -0.25) is 4.55 Å². The summed E-state index contributed by atoms with van der Waals surface area (Å²) in [6.07, 6.45) is 0.180. The molecule has 27 heavy (non-hydrogen) atoms. The Kier molecular flexibility index (Phi) is 4.65. The van der Waals surface area contributed by atoms with Gasteiger partial charge in [0.05, 0.1) is 24.7 Å². The summed E-state index contributed by atoms with van der Waals surface area (Å²) in [5.41, 5.74) is 0. The summed E-state index contributed by atoms with van der Waals surface area (Å²) in [6.45, 7) is 1.92. The Morgan fingerprint density at radius 2 is 1.74 bits per heavy atom. The molecule has 3 aromatic carbocycles. The van der Waals surface area contributed by atoms with Crippen LogP contribution in [0.25, 0.3) is 21.5 Å². The lowest BCUT2D eigenvalue weighted by Crippen LogP contribution is -2.10. The highest BCUT2D eigenvalue weighted by Crippen LogP contribution is 2.42. The van der Waals surface area contributed by atoms with E-state index in [9.17, 15) is 18.1 Å². The van der Waals surface area contributed by atoms with E-state index in [1.54, 1.807) is 12.1 Å². The minimum absolute atomic E-state index is 0.0689. The van der Waals surface area contributed by atoms with Gasteiger partial charge in [0.15, 0.2) is 0 Å². The van der Waals surface area contributed by atoms with Gasteiger partial charge in [0, 0.05) is 21.5 Å². The standard InChI is InChI=1S/C19H18O7S/c20-18-14-3-1-2-4-15(14)19(25-8-7-24-10-12-11-26-12)16-6-5-13(9-17(16)18)27(21,22)23/h1-6,9,12,20H,7-8,10-11H2,(H,21,22,23). The second kappa shape index (κ2) is 6.97. The normalized spacial score (nSPS) is 16.7. The fraction of sp³-hybridized carbons (Fsp3) is 0.263. The Labute approximate surface area is 155 Å². The number of hydrogen-bond donors (Lipinski definition) is 2. The largest absolute Gasteiger partial charge is 0.507 e. The second-order valence-corrected chi connectivity index (χ2v) is 7.71. The van der Waals surface area contributed by atoms with E-state index in [1.165, 1.54) is 18.2 Å². The molecule has 0 aromatic heterocycles. The fourth-order valence-corrected chi connectivity index (χ4v) is 3.50. The van der Waals surface area contributed by atoms with Crippen molar-refractivity contribution in [3.05, 3.63) is 42.5 Å². The number of epoxide rings is 1. The van der Waals surface area contributed by atoms with E-state index < -0.39 is 10.1 Å². The van der Waals surface area contributed by atoms with Crippen molar-refractivity contribution in [3.63, 3.8) is 0 Å². The van der Waals surface area contributed by atoms with Crippen LogP contribution in [0.5, 0.6) is 11.5 Å². The lowest BCUT2D eigenvalue weighted by molar-refractivity contribution is 0.0887. The summed E-state index contributed by atoms with van der Waals surface area (Å²) >= 11 is 0. The Hall–Kier alpha value is -2.39. The molecule has 0 spiro atoms. The number of ether oxygens (including phenoxy) is 3. The highest BCUT2D eigenvalue weighted by molar-refractivity contribution is 7.85. The fourth-order valence-electron chi connectivity index (χ4n) is 2.99. The third-order valence-corrected chi connectivity index (χ3v) is 5.25. The van der Waals surface area contributed by atoms with Crippen molar-refractivity contribution in [2.24, 2.45) is 0 Å². The van der Waals surface area contributed by atoms with Crippen LogP contribution in [0.4, 0.5) is 0 Å². The molecule has 7 nitrogen and oxygen atoms in total. The van der Waals surface area contributed by atoms with Crippen LogP contribution in [-0.2, 0) is 19.6 Å². The van der Waals surface area contributed by atoms with E-state index in [-0.39, 0.29) is 28.7 Å². The van der Waals surface area contributed by atoms with Crippen molar-refractivity contribution in [2.45, 2.75) is 11.0 Å². The predicted molar refractivity (Wildman–Crippen MR) is 99.0 cm³/mol. The first kappa shape index (κ1) is 18.0. The van der Waals surface area contributed by atoms with Gasteiger partial charge in [0.1, 0.15) is 24.2 Å². The quantitative estimate of drug-likeness (QED) is 0.276. The van der Waals surface area contributed by atoms with Crippen LogP contribution in [0.3, 0.4) is 0 Å². The summed E-state index contributed by atoms with van der Waals surface area (Å²) in [5.74, 6) is 0.451. The summed E-state index contributed by atoms with van der Waals surface area (Å²) in [6, 6.07) is 11.2. The molecule has 3 aromatic rings. The molecule has 0 amide bonds. The van der Waals surface area contributed by atoms with Crippen molar-refractivity contribution in [1.82, 2.24) is 0 Å². The predicted octanol–water partition coefficient (Wildman–Crippen LogP) is 2.74. The molecule has 1 aliphatic heterocycles. The van der Waals surface area contributed by atoms with E-state index >= 15 is 0 Å². The number of phenols is 1. The van der Waals surface area contributed by atoms with Gasteiger partial charge < -0.3 is 19.3 Å². The number of fused-ring (bicyclic) bond motifs is 2. The number of aromatic hydroxyl groups is 1. The smallest absolute Gasteiger partial charge is 0.294 e. The van der Waals surface area contributed by atoms with Crippen LogP contribution < -0.4 is 4.74 Å². The number of hydrogen-bond acceptors (Lipinski definition) is 6. The van der Waals surface area contributed by atoms with E-state index in [4.69, 9.17) is 14.2 Å². The zero-order valence-electron chi connectivity index (χ0n) is 14.3. The SMILES string of the molecule is O=S(=O)(O)c1ccc2c(OCCOCC3CO3)c3ccccc3c(O)c2c1. The van der Waals surface area contributed by atoms with Crippen LogP contribution in [0.1, 0.15) is 0 Å². The van der Waals surface area contributed by atoms with Crippen LogP contribution in [-0.4, -0.2) is 50.6 Å². The Balaban J connectivity index is 1.75. The van der Waals surface area contributed by atoms with Crippen molar-refractivity contribution >= 4 is 31.7 Å². The van der Waals surface area contributed by atoms with Crippen LogP contribution in [0.15, 0.2) is 47.4 Å². The molecule has 1 unspecified atom stereocenters. The third kappa shape index (κ3) is 3.70. The molecular formula is C19H18O7S. The number of phenolic OH excluding ortho intramolecular Hbond substituents is 1. The van der Waals surface area contributed by atoms with Gasteiger partial charge in [-0.25, -0.2) is 0 Å². The number of benzene rings is 3. The van der Waals surface area contributed by atoms with Gasteiger partial charge >= 0.3 is 0 Å². The molecule has 0 aliphatic carbocycles. The van der Waals surface area contributed by atoms with Crippen LogP contribution >= 0.6 is 0 Å². The van der Waals surface area contributed by atoms with Crippen LogP contribution in [0, 0.1) is 0 Å². The van der Waals surface area contributed by atoms with Crippen molar-refractivity contribution in [1.29, 1.82) is 0 Å². The highest BCUT2D eigenvalue weighted by atomic mass is 32.2. The molecule has 0 radical (unpaired) electrons. The topological polar surface area (TPSA) is 106 Å². The molecular weight excluding hydrogens is 372 g/mol. The minimum atomic E-state index is -4.39. The van der Waals surface area contributed by atoms with Crippen molar-refractivity contribution in [3.8, 4) is 11.5 Å². The van der Waals surface area contributed by atoms with E-state index in [0.29, 0.717) is 35.1 Å². The van der Waals surface area contributed by atoms with Crippen molar-refractivity contribution in [2.75, 3.05) is 26.4 Å². The molecule has 1 aliphatic rings. The lowest BCUT2D eigenvalue weighted by atomic mass is 10.0. The maximum absolute atomic E-state index is 11.5. The van der Waals surface area contributed by atoms with Gasteiger partial charge in [-0.1, -0.05) is 24.3 Å². The van der Waals surface area contributed by atoms with Crippen LogP contribution in [0.2, 0.25) is 0 Å². The molecule has 1 fully saturated rings. The molecule has 4 rings (SSSR count). The lowest BCUT2D eigenvalue weighted by Gasteiger charge is -2.15. The second-order valence-electron chi connectivity index (χ2n) is 6.28. The van der Waals surface area contributed by atoms with Crippen molar-refractivity contribution < 1.29 is 32.3 Å². The monoisotopic (exact) mass is 390 g/mol. The van der Waals surface area contributed by atoms with E-state index in [2.05, 4.69) is 0 Å². The summed E-state index contributed by atoms with van der Waals surface area (Å²) in [4.78, 5) is -0.292. The zero-order chi connectivity index (χ0) is 19.0. The average Bonchev–Trinajstić information content (AvgIpc) is 3.47. The first-order chi connectivity index (χ1) is 12.9. The minimum Gasteiger partial charge on any atom is -0.507 e. The molecule has 0 bridgehead atoms. The maximum atomic E-state index is 11.5. The van der Waals surface area contributed by atoms with Gasteiger partial charge in [0.25, 0.3) is 10.1 Å². The molecule has 142 valence electrons. The highest BCUT2D eigenvalue weighted by Gasteiger charge is 2.22. The average molecular weight is 390 g/mol. The molecule has 1 atom stereocenters. The van der Waals surface area contributed by atoms with E-state index in [0.717, 1.165) is 6.61 Å². The van der Waals surface area contributed by atoms with Gasteiger partial charge in [-0.05, 0) is 18.2 Å². The maximum Gasteiger partial charge on any atom is 0.294 e. The Morgan fingerprint density at radius 1 is 1.04 bits per heavy atom. The number of rotatable bonds is 7. The molecule has 2 N–H and O–H groups in total. The molecule has 8 heteroatoms. The zero-order valence-corrected chi connectivity index (χ0v) is 15.1. The first-order valence-electron chi connectivity index (χ1n) is 8.42.